The Balaban J connectivity index is 1.51. The Morgan fingerprint density at radius 1 is 1.30 bits per heavy atom. The van der Waals surface area contributed by atoms with Crippen LogP contribution in [0.25, 0.3) is 0 Å². The first-order chi connectivity index (χ1) is 11.2. The number of pyridine rings is 1. The largest absolute Gasteiger partial charge is 0.484 e. The van der Waals surface area contributed by atoms with Crippen molar-refractivity contribution in [1.29, 1.82) is 0 Å². The molecule has 0 bridgehead atoms. The highest BCUT2D eigenvalue weighted by atomic mass is 16.5. The average Bonchev–Trinajstić information content (AvgIpc) is 3.35. The van der Waals surface area contributed by atoms with Crippen LogP contribution in [-0.2, 0) is 11.3 Å². The van der Waals surface area contributed by atoms with Gasteiger partial charge in [0.05, 0.1) is 0 Å². The van der Waals surface area contributed by atoms with Gasteiger partial charge in [-0.05, 0) is 55.2 Å². The number of aromatic nitrogens is 1. The van der Waals surface area contributed by atoms with E-state index in [9.17, 15) is 4.79 Å². The van der Waals surface area contributed by atoms with Gasteiger partial charge in [0.25, 0.3) is 5.91 Å². The lowest BCUT2D eigenvalue weighted by molar-refractivity contribution is -0.123. The zero-order valence-electron chi connectivity index (χ0n) is 13.2. The fourth-order valence-electron chi connectivity index (χ4n) is 2.22. The summed E-state index contributed by atoms with van der Waals surface area (Å²) in [4.78, 5) is 15.9. The predicted molar refractivity (Wildman–Crippen MR) is 89.4 cm³/mol. The van der Waals surface area contributed by atoms with Crippen molar-refractivity contribution >= 4 is 11.7 Å². The zero-order chi connectivity index (χ0) is 16.1. The number of hydrogen-bond donors (Lipinski definition) is 2. The number of hydrogen-bond acceptors (Lipinski definition) is 4. The van der Waals surface area contributed by atoms with Crippen LogP contribution in [-0.4, -0.2) is 23.5 Å². The maximum Gasteiger partial charge on any atom is 0.258 e. The second-order valence-electron chi connectivity index (χ2n) is 5.85. The van der Waals surface area contributed by atoms with E-state index in [4.69, 9.17) is 4.74 Å². The molecule has 1 aliphatic rings. The van der Waals surface area contributed by atoms with E-state index in [1.807, 2.05) is 43.3 Å². The van der Waals surface area contributed by atoms with E-state index >= 15 is 0 Å². The molecule has 120 valence electrons. The lowest BCUT2D eigenvalue weighted by Crippen LogP contribution is -2.30. The van der Waals surface area contributed by atoms with Crippen molar-refractivity contribution in [2.75, 3.05) is 11.9 Å². The quantitative estimate of drug-likeness (QED) is 0.825. The van der Waals surface area contributed by atoms with E-state index in [-0.39, 0.29) is 12.5 Å². The van der Waals surface area contributed by atoms with Crippen molar-refractivity contribution in [3.63, 3.8) is 0 Å². The smallest absolute Gasteiger partial charge is 0.258 e. The Bertz CT molecular complexity index is 683. The van der Waals surface area contributed by atoms with Gasteiger partial charge in [-0.25, -0.2) is 4.98 Å². The molecule has 23 heavy (non-hydrogen) atoms. The van der Waals surface area contributed by atoms with Crippen LogP contribution in [0.2, 0.25) is 0 Å². The van der Waals surface area contributed by atoms with Gasteiger partial charge in [-0.2, -0.15) is 0 Å². The molecule has 3 rings (SSSR count). The summed E-state index contributed by atoms with van der Waals surface area (Å²) in [6.45, 7) is 2.75. The normalized spacial score (nSPS) is 13.4. The van der Waals surface area contributed by atoms with Crippen LogP contribution in [0.1, 0.15) is 24.0 Å². The fraction of sp³-hybridized carbons (Fsp3) is 0.333. The Hall–Kier alpha value is -2.56. The minimum Gasteiger partial charge on any atom is -0.484 e. The van der Waals surface area contributed by atoms with Gasteiger partial charge in [-0.15, -0.1) is 0 Å². The lowest BCUT2D eigenvalue weighted by Gasteiger charge is -2.09. The first kappa shape index (κ1) is 15.3. The van der Waals surface area contributed by atoms with E-state index in [0.717, 1.165) is 24.2 Å². The van der Waals surface area contributed by atoms with Gasteiger partial charge in [-0.1, -0.05) is 12.1 Å². The number of carbonyl (C=O) groups excluding carboxylic acids is 1. The third kappa shape index (κ3) is 4.98. The molecule has 0 unspecified atom stereocenters. The highest BCUT2D eigenvalue weighted by Gasteiger charge is 2.23. The minimum atomic E-state index is -0.0556. The van der Waals surface area contributed by atoms with E-state index in [1.54, 1.807) is 6.20 Å². The molecule has 1 aliphatic carbocycles. The van der Waals surface area contributed by atoms with E-state index < -0.39 is 0 Å². The van der Waals surface area contributed by atoms with Gasteiger partial charge < -0.3 is 15.4 Å². The van der Waals surface area contributed by atoms with E-state index in [0.29, 0.717) is 18.3 Å². The molecule has 5 nitrogen and oxygen atoms in total. The van der Waals surface area contributed by atoms with Crippen LogP contribution >= 0.6 is 0 Å². The molecule has 2 N–H and O–H groups in total. The van der Waals surface area contributed by atoms with Gasteiger partial charge in [0.2, 0.25) is 0 Å². The van der Waals surface area contributed by atoms with Crippen molar-refractivity contribution in [2.45, 2.75) is 32.4 Å². The van der Waals surface area contributed by atoms with E-state index in [1.165, 1.54) is 5.56 Å². The van der Waals surface area contributed by atoms with Crippen molar-refractivity contribution in [3.05, 3.63) is 53.7 Å². The monoisotopic (exact) mass is 311 g/mol. The second-order valence-corrected chi connectivity index (χ2v) is 5.85. The molecule has 0 atom stereocenters. The Morgan fingerprint density at radius 3 is 2.96 bits per heavy atom. The molecule has 1 heterocycles. The van der Waals surface area contributed by atoms with Crippen LogP contribution in [0.4, 0.5) is 5.82 Å². The van der Waals surface area contributed by atoms with Crippen LogP contribution in [0.15, 0.2) is 42.6 Å². The summed E-state index contributed by atoms with van der Waals surface area (Å²) in [7, 11) is 0. The van der Waals surface area contributed by atoms with Gasteiger partial charge in [0, 0.05) is 18.8 Å². The zero-order valence-corrected chi connectivity index (χ0v) is 13.2. The number of nitrogens with one attached hydrogen (secondary N) is 2. The summed E-state index contributed by atoms with van der Waals surface area (Å²) in [5.41, 5.74) is 2.25. The minimum absolute atomic E-state index is 0.0556. The SMILES string of the molecule is Cc1ccnc(NCc2cccc(OCC(=O)NC3CC3)c2)c1. The van der Waals surface area contributed by atoms with Crippen molar-refractivity contribution in [2.24, 2.45) is 0 Å². The number of benzene rings is 1. The first-order valence-electron chi connectivity index (χ1n) is 7.87. The number of aryl methyl sites for hydroxylation is 1. The average molecular weight is 311 g/mol. The van der Waals surface area contributed by atoms with Crippen molar-refractivity contribution in [3.8, 4) is 5.75 Å². The second kappa shape index (κ2) is 7.13. The number of nitrogens with zero attached hydrogens (tertiary/aromatic N) is 1. The molecular weight excluding hydrogens is 290 g/mol. The summed E-state index contributed by atoms with van der Waals surface area (Å²) < 4.78 is 5.55. The Labute approximate surface area is 136 Å². The van der Waals surface area contributed by atoms with Crippen LogP contribution in [0.5, 0.6) is 5.75 Å². The van der Waals surface area contributed by atoms with Crippen LogP contribution < -0.4 is 15.4 Å². The number of ether oxygens (including phenoxy) is 1. The van der Waals surface area contributed by atoms with Gasteiger partial charge >= 0.3 is 0 Å². The molecule has 1 saturated carbocycles. The molecule has 0 saturated heterocycles. The van der Waals surface area contributed by atoms with Crippen molar-refractivity contribution < 1.29 is 9.53 Å². The number of amides is 1. The topological polar surface area (TPSA) is 63.3 Å². The summed E-state index contributed by atoms with van der Waals surface area (Å²) in [5, 5.41) is 6.19. The van der Waals surface area contributed by atoms with E-state index in [2.05, 4.69) is 15.6 Å². The molecule has 0 aliphatic heterocycles. The van der Waals surface area contributed by atoms with Crippen LogP contribution in [0.3, 0.4) is 0 Å². The first-order valence-corrected chi connectivity index (χ1v) is 7.87. The predicted octanol–water partition coefficient (Wildman–Crippen LogP) is 2.66. The van der Waals surface area contributed by atoms with Crippen LogP contribution in [0, 0.1) is 6.92 Å². The highest BCUT2D eigenvalue weighted by molar-refractivity contribution is 5.78. The van der Waals surface area contributed by atoms with Gasteiger partial charge in [-0.3, -0.25) is 4.79 Å². The molecule has 5 heteroatoms. The molecule has 0 radical (unpaired) electrons. The summed E-state index contributed by atoms with van der Waals surface area (Å²) in [6.07, 6.45) is 3.95. The standard InChI is InChI=1S/C18H21N3O2/c1-13-7-8-19-17(9-13)20-11-14-3-2-4-16(10-14)23-12-18(22)21-15-5-6-15/h2-4,7-10,15H,5-6,11-12H2,1H3,(H,19,20)(H,21,22). The molecule has 1 aromatic carbocycles. The fourth-order valence-corrected chi connectivity index (χ4v) is 2.22. The molecule has 1 fully saturated rings. The number of anilines is 1. The Morgan fingerprint density at radius 2 is 2.17 bits per heavy atom. The molecule has 1 amide bonds. The molecular formula is C18H21N3O2. The van der Waals surface area contributed by atoms with Gasteiger partial charge in [0.1, 0.15) is 11.6 Å². The maximum absolute atomic E-state index is 11.6. The summed E-state index contributed by atoms with van der Waals surface area (Å²) in [6, 6.07) is 12.1. The van der Waals surface area contributed by atoms with Crippen molar-refractivity contribution in [1.82, 2.24) is 10.3 Å². The lowest BCUT2D eigenvalue weighted by atomic mass is 10.2. The molecule has 0 spiro atoms. The molecule has 1 aromatic heterocycles. The third-order valence-electron chi connectivity index (χ3n) is 3.60. The molecule has 2 aromatic rings. The highest BCUT2D eigenvalue weighted by Crippen LogP contribution is 2.19. The summed E-state index contributed by atoms with van der Waals surface area (Å²) in [5.74, 6) is 1.49. The Kier molecular flexibility index (Phi) is 4.76. The number of rotatable bonds is 7. The number of carbonyl (C=O) groups is 1. The summed E-state index contributed by atoms with van der Waals surface area (Å²) >= 11 is 0. The maximum atomic E-state index is 11.6. The third-order valence-corrected chi connectivity index (χ3v) is 3.60. The van der Waals surface area contributed by atoms with Gasteiger partial charge in [0.15, 0.2) is 6.61 Å².